The van der Waals surface area contributed by atoms with Crippen LogP contribution in [0.4, 0.5) is 4.39 Å². The first-order valence-corrected chi connectivity index (χ1v) is 4.71. The molecule has 2 atom stereocenters. The second kappa shape index (κ2) is 4.26. The number of hydrogen-bond acceptors (Lipinski definition) is 2. The van der Waals surface area contributed by atoms with Crippen molar-refractivity contribution in [3.05, 3.63) is 34.1 Å². The topological polar surface area (TPSA) is 46.2 Å². The fourth-order valence-corrected chi connectivity index (χ4v) is 1.50. The number of nitrogens with two attached hydrogens (primary N) is 1. The molecule has 0 bridgehead atoms. The van der Waals surface area contributed by atoms with Crippen molar-refractivity contribution in [2.75, 3.05) is 0 Å². The second-order valence-corrected chi connectivity index (χ2v) is 3.74. The molecule has 0 spiro atoms. The van der Waals surface area contributed by atoms with Crippen LogP contribution in [0.25, 0.3) is 0 Å². The Morgan fingerprint density at radius 1 is 1.50 bits per heavy atom. The number of benzene rings is 1. The Hall–Kier alpha value is -0.640. The summed E-state index contributed by atoms with van der Waals surface area (Å²) in [5.74, 6) is -0.478. The smallest absolute Gasteiger partial charge is 0.129 e. The van der Waals surface area contributed by atoms with Gasteiger partial charge in [-0.2, -0.15) is 0 Å². The SMILES string of the molecule is Cc1ccc(F)c([C@@H](N)[C@H](C)O)c1Cl. The lowest BCUT2D eigenvalue weighted by atomic mass is 10.0. The highest BCUT2D eigenvalue weighted by Crippen LogP contribution is 2.29. The van der Waals surface area contributed by atoms with Crippen molar-refractivity contribution in [3.63, 3.8) is 0 Å². The maximum Gasteiger partial charge on any atom is 0.129 e. The van der Waals surface area contributed by atoms with Gasteiger partial charge in [0, 0.05) is 5.56 Å². The summed E-state index contributed by atoms with van der Waals surface area (Å²) in [5, 5.41) is 9.55. The average molecular weight is 218 g/mol. The summed E-state index contributed by atoms with van der Waals surface area (Å²) >= 11 is 5.91. The van der Waals surface area contributed by atoms with Crippen LogP contribution in [0, 0.1) is 12.7 Å². The lowest BCUT2D eigenvalue weighted by molar-refractivity contribution is 0.162. The number of aryl methyl sites for hydroxylation is 1. The lowest BCUT2D eigenvalue weighted by Crippen LogP contribution is -2.24. The predicted octanol–water partition coefficient (Wildman–Crippen LogP) is 2.17. The molecule has 1 aromatic carbocycles. The normalized spacial score (nSPS) is 15.3. The summed E-state index contributed by atoms with van der Waals surface area (Å²) in [6.45, 7) is 3.27. The molecule has 0 saturated carbocycles. The number of aliphatic hydroxyl groups is 1. The van der Waals surface area contributed by atoms with E-state index in [1.165, 1.54) is 13.0 Å². The van der Waals surface area contributed by atoms with Crippen molar-refractivity contribution in [2.24, 2.45) is 5.73 Å². The molecular formula is C10H13ClFNO. The minimum absolute atomic E-state index is 0.182. The summed E-state index contributed by atoms with van der Waals surface area (Å²) in [4.78, 5) is 0. The Balaban J connectivity index is 3.25. The molecule has 4 heteroatoms. The zero-order valence-electron chi connectivity index (χ0n) is 8.09. The van der Waals surface area contributed by atoms with Crippen molar-refractivity contribution in [1.29, 1.82) is 0 Å². The van der Waals surface area contributed by atoms with Gasteiger partial charge in [-0.15, -0.1) is 0 Å². The zero-order chi connectivity index (χ0) is 10.9. The Morgan fingerprint density at radius 2 is 2.07 bits per heavy atom. The van der Waals surface area contributed by atoms with E-state index < -0.39 is 18.0 Å². The molecule has 0 aliphatic heterocycles. The fraction of sp³-hybridized carbons (Fsp3) is 0.400. The quantitative estimate of drug-likeness (QED) is 0.798. The molecule has 1 rings (SSSR count). The molecule has 14 heavy (non-hydrogen) atoms. The van der Waals surface area contributed by atoms with Gasteiger partial charge in [0.2, 0.25) is 0 Å². The van der Waals surface area contributed by atoms with Crippen LogP contribution in [-0.4, -0.2) is 11.2 Å². The third-order valence-electron chi connectivity index (χ3n) is 2.17. The van der Waals surface area contributed by atoms with Crippen molar-refractivity contribution >= 4 is 11.6 Å². The maximum atomic E-state index is 13.4. The van der Waals surface area contributed by atoms with Gasteiger partial charge in [0.25, 0.3) is 0 Å². The zero-order valence-corrected chi connectivity index (χ0v) is 8.85. The Morgan fingerprint density at radius 3 is 2.57 bits per heavy atom. The molecule has 0 aliphatic carbocycles. The number of halogens is 2. The lowest BCUT2D eigenvalue weighted by Gasteiger charge is -2.18. The van der Waals surface area contributed by atoms with Gasteiger partial charge in [-0.05, 0) is 25.5 Å². The van der Waals surface area contributed by atoms with Gasteiger partial charge < -0.3 is 10.8 Å². The summed E-state index contributed by atoms with van der Waals surface area (Å²) < 4.78 is 13.4. The van der Waals surface area contributed by atoms with E-state index in [4.69, 9.17) is 17.3 Å². The Labute approximate surface area is 87.5 Å². The van der Waals surface area contributed by atoms with Crippen LogP contribution in [0.1, 0.15) is 24.1 Å². The highest BCUT2D eigenvalue weighted by atomic mass is 35.5. The van der Waals surface area contributed by atoms with Crippen molar-refractivity contribution < 1.29 is 9.50 Å². The van der Waals surface area contributed by atoms with Gasteiger partial charge in [0.05, 0.1) is 17.2 Å². The van der Waals surface area contributed by atoms with Gasteiger partial charge in [-0.1, -0.05) is 17.7 Å². The first-order chi connectivity index (χ1) is 6.45. The van der Waals surface area contributed by atoms with Crippen LogP contribution in [-0.2, 0) is 0 Å². The maximum absolute atomic E-state index is 13.4. The molecule has 0 unspecified atom stereocenters. The van der Waals surface area contributed by atoms with Crippen LogP contribution in [0.2, 0.25) is 5.02 Å². The molecular weight excluding hydrogens is 205 g/mol. The van der Waals surface area contributed by atoms with E-state index >= 15 is 0 Å². The third-order valence-corrected chi connectivity index (χ3v) is 2.67. The highest BCUT2D eigenvalue weighted by molar-refractivity contribution is 6.32. The number of hydrogen-bond donors (Lipinski definition) is 2. The minimum Gasteiger partial charge on any atom is -0.391 e. The summed E-state index contributed by atoms with van der Waals surface area (Å²) in [6, 6.07) is 2.09. The standard InChI is InChI=1S/C10H13ClFNO/c1-5-3-4-7(12)8(9(5)11)10(13)6(2)14/h3-4,6,10,14H,13H2,1-2H3/t6-,10-/m0/s1. The van der Waals surface area contributed by atoms with Crippen LogP contribution in [0.3, 0.4) is 0 Å². The highest BCUT2D eigenvalue weighted by Gasteiger charge is 2.20. The van der Waals surface area contributed by atoms with E-state index in [1.54, 1.807) is 13.0 Å². The van der Waals surface area contributed by atoms with Gasteiger partial charge in [-0.25, -0.2) is 4.39 Å². The largest absolute Gasteiger partial charge is 0.391 e. The van der Waals surface area contributed by atoms with E-state index in [1.807, 2.05) is 0 Å². The minimum atomic E-state index is -0.830. The van der Waals surface area contributed by atoms with E-state index in [9.17, 15) is 9.50 Å². The second-order valence-electron chi connectivity index (χ2n) is 3.36. The molecule has 0 aliphatic rings. The molecule has 0 radical (unpaired) electrons. The molecule has 0 aromatic heterocycles. The van der Waals surface area contributed by atoms with Gasteiger partial charge >= 0.3 is 0 Å². The summed E-state index contributed by atoms with van der Waals surface area (Å²) in [7, 11) is 0. The first-order valence-electron chi connectivity index (χ1n) is 4.33. The molecule has 0 fully saturated rings. The van der Waals surface area contributed by atoms with Crippen LogP contribution >= 0.6 is 11.6 Å². The predicted molar refractivity (Wildman–Crippen MR) is 54.8 cm³/mol. The molecule has 1 aromatic rings. The average Bonchev–Trinajstić information content (AvgIpc) is 2.12. The van der Waals surface area contributed by atoms with E-state index in [2.05, 4.69) is 0 Å². The van der Waals surface area contributed by atoms with Gasteiger partial charge in [-0.3, -0.25) is 0 Å². The summed E-state index contributed by atoms with van der Waals surface area (Å²) in [5.41, 5.74) is 6.57. The molecule has 78 valence electrons. The van der Waals surface area contributed by atoms with Crippen molar-refractivity contribution in [3.8, 4) is 0 Å². The van der Waals surface area contributed by atoms with Crippen LogP contribution in [0.5, 0.6) is 0 Å². The third kappa shape index (κ3) is 2.05. The number of aliphatic hydroxyl groups excluding tert-OH is 1. The van der Waals surface area contributed by atoms with E-state index in [-0.39, 0.29) is 5.56 Å². The van der Waals surface area contributed by atoms with Gasteiger partial charge in [0.1, 0.15) is 5.82 Å². The Kier molecular flexibility index (Phi) is 3.48. The molecule has 2 nitrogen and oxygen atoms in total. The first kappa shape index (κ1) is 11.4. The number of rotatable bonds is 2. The van der Waals surface area contributed by atoms with E-state index in [0.717, 1.165) is 5.56 Å². The summed E-state index contributed by atoms with van der Waals surface area (Å²) in [6.07, 6.45) is -0.830. The van der Waals surface area contributed by atoms with Crippen molar-refractivity contribution in [2.45, 2.75) is 26.0 Å². The molecule has 0 amide bonds. The van der Waals surface area contributed by atoms with Crippen molar-refractivity contribution in [1.82, 2.24) is 0 Å². The van der Waals surface area contributed by atoms with Gasteiger partial charge in [0.15, 0.2) is 0 Å². The Bertz CT molecular complexity index is 341. The molecule has 0 heterocycles. The van der Waals surface area contributed by atoms with E-state index in [0.29, 0.717) is 5.02 Å². The monoisotopic (exact) mass is 217 g/mol. The molecule has 0 saturated heterocycles. The van der Waals surface area contributed by atoms with Crippen LogP contribution in [0.15, 0.2) is 12.1 Å². The molecule has 3 N–H and O–H groups in total. The van der Waals surface area contributed by atoms with Crippen LogP contribution < -0.4 is 5.73 Å². The fourth-order valence-electron chi connectivity index (χ4n) is 1.23.